The number of amides is 1. The van der Waals surface area contributed by atoms with E-state index in [0.29, 0.717) is 0 Å². The average Bonchev–Trinajstić information content (AvgIpc) is 2.49. The molecule has 110 valence electrons. The molecule has 0 heterocycles. The van der Waals surface area contributed by atoms with Gasteiger partial charge in [-0.1, -0.05) is 38.3 Å². The number of hydrogen-bond donors (Lipinski definition) is 2. The van der Waals surface area contributed by atoms with Crippen LogP contribution in [0.1, 0.15) is 48.5 Å². The molecule has 0 radical (unpaired) electrons. The maximum atomic E-state index is 11.5. The van der Waals surface area contributed by atoms with Gasteiger partial charge in [0.1, 0.15) is 0 Å². The first-order chi connectivity index (χ1) is 9.70. The van der Waals surface area contributed by atoms with E-state index in [0.717, 1.165) is 30.5 Å². The molecule has 1 fully saturated rings. The summed E-state index contributed by atoms with van der Waals surface area (Å²) in [6.45, 7) is 4.37. The lowest BCUT2D eigenvalue weighted by molar-refractivity contribution is 0.0963. The molecule has 1 aromatic rings. The molecule has 2 atom stereocenters. The van der Waals surface area contributed by atoms with Gasteiger partial charge in [0.15, 0.2) is 0 Å². The van der Waals surface area contributed by atoms with Crippen LogP contribution in [-0.2, 0) is 6.54 Å². The van der Waals surface area contributed by atoms with Gasteiger partial charge in [0.05, 0.1) is 0 Å². The first-order valence-electron chi connectivity index (χ1n) is 7.72. The second-order valence-electron chi connectivity index (χ2n) is 5.93. The molecule has 1 amide bonds. The third-order valence-corrected chi connectivity index (χ3v) is 4.47. The molecule has 3 nitrogen and oxygen atoms in total. The third-order valence-electron chi connectivity index (χ3n) is 4.47. The number of carbonyl (C=O) groups excluding carboxylic acids is 1. The summed E-state index contributed by atoms with van der Waals surface area (Å²) < 4.78 is 0. The molecule has 1 aromatic carbocycles. The Morgan fingerprint density at radius 2 is 1.90 bits per heavy atom. The highest BCUT2D eigenvalue weighted by Gasteiger charge is 2.20. The zero-order valence-electron chi connectivity index (χ0n) is 12.6. The minimum absolute atomic E-state index is 0.0273. The van der Waals surface area contributed by atoms with Crippen LogP contribution < -0.4 is 10.6 Å². The molecule has 2 N–H and O–H groups in total. The maximum absolute atomic E-state index is 11.5. The van der Waals surface area contributed by atoms with E-state index in [-0.39, 0.29) is 5.91 Å². The Balaban J connectivity index is 1.77. The summed E-state index contributed by atoms with van der Waals surface area (Å²) in [5.41, 5.74) is 1.96. The minimum atomic E-state index is -0.0273. The summed E-state index contributed by atoms with van der Waals surface area (Å²) in [4.78, 5) is 11.5. The zero-order chi connectivity index (χ0) is 14.4. The molecule has 3 heteroatoms. The first-order valence-corrected chi connectivity index (χ1v) is 7.72. The van der Waals surface area contributed by atoms with E-state index in [4.69, 9.17) is 0 Å². The Hall–Kier alpha value is -1.35. The van der Waals surface area contributed by atoms with Gasteiger partial charge in [0.2, 0.25) is 0 Å². The fourth-order valence-corrected chi connectivity index (χ4v) is 3.02. The third kappa shape index (κ3) is 4.07. The van der Waals surface area contributed by atoms with E-state index in [1.54, 1.807) is 7.05 Å². The van der Waals surface area contributed by atoms with Gasteiger partial charge in [-0.3, -0.25) is 4.79 Å². The van der Waals surface area contributed by atoms with Crippen LogP contribution in [0.3, 0.4) is 0 Å². The van der Waals surface area contributed by atoms with Crippen molar-refractivity contribution in [2.45, 2.75) is 39.2 Å². The highest BCUT2D eigenvalue weighted by molar-refractivity contribution is 5.93. The molecule has 0 bridgehead atoms. The normalized spacial score (nSPS) is 22.5. The number of carbonyl (C=O) groups is 1. The highest BCUT2D eigenvalue weighted by Crippen LogP contribution is 2.28. The van der Waals surface area contributed by atoms with Crippen LogP contribution in [0.4, 0.5) is 0 Å². The van der Waals surface area contributed by atoms with Crippen molar-refractivity contribution in [1.29, 1.82) is 0 Å². The Morgan fingerprint density at radius 3 is 2.55 bits per heavy atom. The number of nitrogens with one attached hydrogen (secondary N) is 2. The standard InChI is InChI=1S/C17H26N2O/c1-13-5-3-4-6-16(13)12-19-11-14-7-9-15(10-8-14)17(20)18-2/h7-10,13,16,19H,3-6,11-12H2,1-2H3,(H,18,20). The van der Waals surface area contributed by atoms with E-state index >= 15 is 0 Å². The summed E-state index contributed by atoms with van der Waals surface area (Å²) in [6, 6.07) is 7.84. The second-order valence-corrected chi connectivity index (χ2v) is 5.93. The highest BCUT2D eigenvalue weighted by atomic mass is 16.1. The maximum Gasteiger partial charge on any atom is 0.251 e. The predicted octanol–water partition coefficient (Wildman–Crippen LogP) is 2.96. The topological polar surface area (TPSA) is 41.1 Å². The molecular formula is C17H26N2O. The summed E-state index contributed by atoms with van der Waals surface area (Å²) in [5.74, 6) is 1.65. The van der Waals surface area contributed by atoms with Gasteiger partial charge >= 0.3 is 0 Å². The second kappa shape index (κ2) is 7.44. The summed E-state index contributed by atoms with van der Waals surface area (Å²) in [7, 11) is 1.66. The average molecular weight is 274 g/mol. The number of hydrogen-bond acceptors (Lipinski definition) is 2. The molecule has 0 saturated heterocycles. The van der Waals surface area contributed by atoms with Crippen molar-refractivity contribution in [1.82, 2.24) is 10.6 Å². The van der Waals surface area contributed by atoms with Crippen molar-refractivity contribution in [2.24, 2.45) is 11.8 Å². The fourth-order valence-electron chi connectivity index (χ4n) is 3.02. The van der Waals surface area contributed by atoms with Gasteiger partial charge in [-0.05, 0) is 42.5 Å². The summed E-state index contributed by atoms with van der Waals surface area (Å²) >= 11 is 0. The van der Waals surface area contributed by atoms with Crippen LogP contribution in [0.2, 0.25) is 0 Å². The van der Waals surface area contributed by atoms with Gasteiger partial charge in [-0.2, -0.15) is 0 Å². The van der Waals surface area contributed by atoms with Crippen LogP contribution in [0.15, 0.2) is 24.3 Å². The molecule has 1 aliphatic carbocycles. The molecule has 0 aliphatic heterocycles. The Morgan fingerprint density at radius 1 is 1.20 bits per heavy atom. The Bertz CT molecular complexity index is 427. The van der Waals surface area contributed by atoms with Gasteiger partial charge in [-0.15, -0.1) is 0 Å². The first kappa shape index (κ1) is 15.0. The smallest absolute Gasteiger partial charge is 0.251 e. The van der Waals surface area contributed by atoms with Crippen LogP contribution in [0, 0.1) is 11.8 Å². The number of rotatable bonds is 5. The lowest BCUT2D eigenvalue weighted by Crippen LogP contribution is -2.29. The SMILES string of the molecule is CNC(=O)c1ccc(CNCC2CCCCC2C)cc1. The van der Waals surface area contributed by atoms with Gasteiger partial charge in [0, 0.05) is 19.2 Å². The van der Waals surface area contributed by atoms with Crippen LogP contribution in [-0.4, -0.2) is 19.5 Å². The quantitative estimate of drug-likeness (QED) is 0.866. The van der Waals surface area contributed by atoms with Crippen molar-refractivity contribution in [3.8, 4) is 0 Å². The molecule has 1 saturated carbocycles. The zero-order valence-corrected chi connectivity index (χ0v) is 12.6. The lowest BCUT2D eigenvalue weighted by Gasteiger charge is -2.28. The Labute approximate surface area is 122 Å². The molecule has 0 aromatic heterocycles. The largest absolute Gasteiger partial charge is 0.355 e. The molecule has 0 spiro atoms. The van der Waals surface area contributed by atoms with E-state index in [9.17, 15) is 4.79 Å². The minimum Gasteiger partial charge on any atom is -0.355 e. The van der Waals surface area contributed by atoms with E-state index < -0.39 is 0 Å². The van der Waals surface area contributed by atoms with Crippen molar-refractivity contribution in [2.75, 3.05) is 13.6 Å². The van der Waals surface area contributed by atoms with E-state index in [1.807, 2.05) is 24.3 Å². The molecule has 20 heavy (non-hydrogen) atoms. The van der Waals surface area contributed by atoms with Crippen LogP contribution in [0.25, 0.3) is 0 Å². The van der Waals surface area contributed by atoms with E-state index in [1.165, 1.54) is 31.2 Å². The fraction of sp³-hybridized carbons (Fsp3) is 0.588. The van der Waals surface area contributed by atoms with E-state index in [2.05, 4.69) is 17.6 Å². The van der Waals surface area contributed by atoms with Crippen LogP contribution >= 0.6 is 0 Å². The van der Waals surface area contributed by atoms with Crippen molar-refractivity contribution >= 4 is 5.91 Å². The monoisotopic (exact) mass is 274 g/mol. The van der Waals surface area contributed by atoms with Crippen molar-refractivity contribution in [3.63, 3.8) is 0 Å². The van der Waals surface area contributed by atoms with Crippen molar-refractivity contribution in [3.05, 3.63) is 35.4 Å². The summed E-state index contributed by atoms with van der Waals surface area (Å²) in [6.07, 6.45) is 5.53. The lowest BCUT2D eigenvalue weighted by atomic mass is 9.80. The molecule has 2 unspecified atom stereocenters. The molecule has 1 aliphatic rings. The summed E-state index contributed by atoms with van der Waals surface area (Å²) in [5, 5.41) is 6.20. The Kier molecular flexibility index (Phi) is 5.60. The van der Waals surface area contributed by atoms with Gasteiger partial charge in [0.25, 0.3) is 5.91 Å². The van der Waals surface area contributed by atoms with Crippen LogP contribution in [0.5, 0.6) is 0 Å². The molecule has 2 rings (SSSR count). The van der Waals surface area contributed by atoms with Crippen molar-refractivity contribution < 1.29 is 4.79 Å². The predicted molar refractivity (Wildman–Crippen MR) is 82.7 cm³/mol. The number of benzene rings is 1. The molecular weight excluding hydrogens is 248 g/mol. The van der Waals surface area contributed by atoms with Gasteiger partial charge in [-0.25, -0.2) is 0 Å². The van der Waals surface area contributed by atoms with Gasteiger partial charge < -0.3 is 10.6 Å².